The molecule has 3 rings (SSSR count). The quantitative estimate of drug-likeness (QED) is 0.172. The van der Waals surface area contributed by atoms with Gasteiger partial charge in [-0.1, -0.05) is 66.7 Å². The highest BCUT2D eigenvalue weighted by atomic mass is 31.2. The summed E-state index contributed by atoms with van der Waals surface area (Å²) in [5.41, 5.74) is 6.65. The van der Waals surface area contributed by atoms with Gasteiger partial charge in [-0.2, -0.15) is 0 Å². The highest BCUT2D eigenvalue weighted by molar-refractivity contribution is 7.52. The maximum Gasteiger partial charge on any atom is 0.545 e. The third-order valence-corrected chi connectivity index (χ3v) is 5.99. The lowest BCUT2D eigenvalue weighted by molar-refractivity contribution is 0.333. The van der Waals surface area contributed by atoms with Crippen molar-refractivity contribution in [1.29, 1.82) is 0 Å². The first-order chi connectivity index (χ1) is 15.1. The number of para-hydroxylation sites is 2. The van der Waals surface area contributed by atoms with E-state index in [-0.39, 0.29) is 12.5 Å². The van der Waals surface area contributed by atoms with E-state index in [1.54, 1.807) is 48.5 Å². The predicted octanol–water partition coefficient (Wildman–Crippen LogP) is 4.01. The molecular formula is C22H24N5O3P. The van der Waals surface area contributed by atoms with E-state index in [0.29, 0.717) is 17.9 Å². The number of benzene rings is 3. The molecule has 0 atom stereocenters. The first-order valence-electron chi connectivity index (χ1n) is 9.57. The third kappa shape index (κ3) is 6.62. The van der Waals surface area contributed by atoms with E-state index in [4.69, 9.17) is 20.6 Å². The van der Waals surface area contributed by atoms with Crippen molar-refractivity contribution in [3.8, 4) is 11.5 Å². The van der Waals surface area contributed by atoms with Gasteiger partial charge in [0.1, 0.15) is 17.8 Å². The average molecular weight is 437 g/mol. The van der Waals surface area contributed by atoms with Gasteiger partial charge in [0.2, 0.25) is 5.96 Å². The second-order valence-electron chi connectivity index (χ2n) is 6.41. The van der Waals surface area contributed by atoms with E-state index in [1.807, 2.05) is 42.5 Å². The summed E-state index contributed by atoms with van der Waals surface area (Å²) in [5, 5.41) is 3.33. The number of hydrogen-bond donors (Lipinski definition) is 2. The van der Waals surface area contributed by atoms with Crippen molar-refractivity contribution in [1.82, 2.24) is 4.67 Å². The molecule has 0 bridgehead atoms. The molecule has 0 unspecified atom stereocenters. The van der Waals surface area contributed by atoms with Crippen LogP contribution >= 0.6 is 7.75 Å². The van der Waals surface area contributed by atoms with Crippen molar-refractivity contribution in [2.45, 2.75) is 6.42 Å². The summed E-state index contributed by atoms with van der Waals surface area (Å²) in [4.78, 5) is 3.98. The average Bonchev–Trinajstić information content (AvgIpc) is 2.80. The molecule has 0 aliphatic carbocycles. The summed E-state index contributed by atoms with van der Waals surface area (Å²) in [5.74, 6) is 5.79. The highest BCUT2D eigenvalue weighted by Gasteiger charge is 2.36. The molecule has 0 fully saturated rings. The second kappa shape index (κ2) is 10.8. The Morgan fingerprint density at radius 2 is 1.35 bits per heavy atom. The second-order valence-corrected chi connectivity index (χ2v) is 8.22. The zero-order chi connectivity index (χ0) is 21.9. The first kappa shape index (κ1) is 21.9. The molecule has 0 saturated carbocycles. The lowest BCUT2D eigenvalue weighted by Crippen LogP contribution is -2.28. The highest BCUT2D eigenvalue weighted by Crippen LogP contribution is 2.51. The van der Waals surface area contributed by atoms with Gasteiger partial charge in [0.15, 0.2) is 0 Å². The lowest BCUT2D eigenvalue weighted by atomic mass is 10.1. The Morgan fingerprint density at radius 1 is 0.871 bits per heavy atom. The molecule has 0 radical (unpaired) electrons. The fraction of sp³-hybridized carbons (Fsp3) is 0.0909. The smallest absolute Gasteiger partial charge is 0.400 e. The van der Waals surface area contributed by atoms with E-state index < -0.39 is 7.75 Å². The van der Waals surface area contributed by atoms with Gasteiger partial charge in [0.25, 0.3) is 0 Å². The number of aliphatic imine (C=N–C) groups is 1. The molecule has 4 N–H and O–H groups in total. The van der Waals surface area contributed by atoms with Crippen LogP contribution in [-0.4, -0.2) is 23.5 Å². The molecule has 0 aromatic heterocycles. The van der Waals surface area contributed by atoms with Crippen molar-refractivity contribution in [2.24, 2.45) is 21.7 Å². The minimum absolute atomic E-state index is 0.171. The van der Waals surface area contributed by atoms with E-state index in [0.717, 1.165) is 5.56 Å². The molecule has 0 saturated heterocycles. The Labute approximate surface area is 181 Å². The van der Waals surface area contributed by atoms with Crippen LogP contribution in [0, 0.1) is 0 Å². The van der Waals surface area contributed by atoms with Crippen LogP contribution in [-0.2, 0) is 11.0 Å². The number of hydrogen-bond acceptors (Lipinski definition) is 5. The zero-order valence-electron chi connectivity index (χ0n) is 16.8. The van der Waals surface area contributed by atoms with Crippen molar-refractivity contribution < 1.29 is 13.6 Å². The Balaban J connectivity index is 1.95. The van der Waals surface area contributed by atoms with Crippen LogP contribution in [0.15, 0.2) is 101 Å². The maximum atomic E-state index is 14.1. The molecule has 0 spiro atoms. The normalized spacial score (nSPS) is 11.9. The summed E-state index contributed by atoms with van der Waals surface area (Å²) < 4.78 is 27.2. The van der Waals surface area contributed by atoms with E-state index in [2.05, 4.69) is 10.1 Å². The monoisotopic (exact) mass is 437 g/mol. The molecular weight excluding hydrogens is 413 g/mol. The summed E-state index contributed by atoms with van der Waals surface area (Å²) >= 11 is 0. The van der Waals surface area contributed by atoms with Gasteiger partial charge in [0.05, 0.1) is 0 Å². The molecule has 0 aliphatic rings. The topological polar surface area (TPSA) is 116 Å². The standard InChI is InChI=1S/C22H24N5O3P/c23-22(26-24)25-18-27(17-16-19-10-4-1-5-11-19)31(28,29-20-12-6-2-7-13-20)30-21-14-8-3-9-15-21/h1-15,18H,16-17,24H2,(H2,23,26). The molecule has 160 valence electrons. The molecule has 3 aromatic carbocycles. The molecule has 0 amide bonds. The number of nitrogens with two attached hydrogens (primary N) is 2. The first-order valence-corrected chi connectivity index (χ1v) is 11.1. The summed E-state index contributed by atoms with van der Waals surface area (Å²) in [6.45, 7) is 0.280. The van der Waals surface area contributed by atoms with Crippen LogP contribution in [0.2, 0.25) is 0 Å². The Morgan fingerprint density at radius 3 is 1.84 bits per heavy atom. The maximum absolute atomic E-state index is 14.1. The minimum atomic E-state index is -3.94. The molecule has 3 aromatic rings. The predicted molar refractivity (Wildman–Crippen MR) is 123 cm³/mol. The van der Waals surface area contributed by atoms with Crippen LogP contribution in [0.3, 0.4) is 0 Å². The van der Waals surface area contributed by atoms with Crippen LogP contribution in [0.1, 0.15) is 5.56 Å². The number of nitrogens with zero attached hydrogens (tertiary/aromatic N) is 3. The lowest BCUT2D eigenvalue weighted by Gasteiger charge is -2.28. The van der Waals surface area contributed by atoms with Gasteiger partial charge in [-0.3, -0.25) is 0 Å². The van der Waals surface area contributed by atoms with Gasteiger partial charge < -0.3 is 20.6 Å². The molecule has 0 heterocycles. The summed E-state index contributed by atoms with van der Waals surface area (Å²) in [6, 6.07) is 27.4. The van der Waals surface area contributed by atoms with Crippen LogP contribution in [0.4, 0.5) is 0 Å². The van der Waals surface area contributed by atoms with Gasteiger partial charge in [-0.25, -0.2) is 14.2 Å². The van der Waals surface area contributed by atoms with Gasteiger partial charge >= 0.3 is 7.75 Å². The van der Waals surface area contributed by atoms with Crippen molar-refractivity contribution in [2.75, 3.05) is 6.54 Å². The SMILES string of the molecule is NN=C(N)N=CN(CCc1ccccc1)P(=O)(Oc1ccccc1)Oc1ccccc1. The molecule has 8 nitrogen and oxygen atoms in total. The third-order valence-electron chi connectivity index (χ3n) is 4.17. The molecule has 0 aliphatic heterocycles. The minimum Gasteiger partial charge on any atom is -0.400 e. The Bertz CT molecular complexity index is 1000. The summed E-state index contributed by atoms with van der Waals surface area (Å²) in [6.07, 6.45) is 1.84. The van der Waals surface area contributed by atoms with Crippen LogP contribution in [0.25, 0.3) is 0 Å². The fourth-order valence-electron chi connectivity index (χ4n) is 2.64. The van der Waals surface area contributed by atoms with Crippen LogP contribution < -0.4 is 20.6 Å². The fourth-order valence-corrected chi connectivity index (χ4v) is 4.19. The van der Waals surface area contributed by atoms with Crippen molar-refractivity contribution in [3.05, 3.63) is 96.6 Å². The van der Waals surface area contributed by atoms with Crippen LogP contribution in [0.5, 0.6) is 11.5 Å². The molecule has 31 heavy (non-hydrogen) atoms. The van der Waals surface area contributed by atoms with Gasteiger partial charge in [-0.15, -0.1) is 5.10 Å². The Hall–Kier alpha value is -3.77. The number of hydrazone groups is 1. The number of rotatable bonds is 9. The summed E-state index contributed by atoms with van der Waals surface area (Å²) in [7, 11) is -3.94. The van der Waals surface area contributed by atoms with Gasteiger partial charge in [-0.05, 0) is 36.2 Å². The van der Waals surface area contributed by atoms with E-state index in [1.165, 1.54) is 11.0 Å². The van der Waals surface area contributed by atoms with Crippen molar-refractivity contribution >= 4 is 20.0 Å². The number of guanidine groups is 1. The van der Waals surface area contributed by atoms with Gasteiger partial charge in [0, 0.05) is 6.54 Å². The molecule has 9 heteroatoms. The Kier molecular flexibility index (Phi) is 7.67. The van der Waals surface area contributed by atoms with E-state index >= 15 is 0 Å². The zero-order valence-corrected chi connectivity index (χ0v) is 17.7. The van der Waals surface area contributed by atoms with E-state index in [9.17, 15) is 4.57 Å². The van der Waals surface area contributed by atoms with Crippen molar-refractivity contribution in [3.63, 3.8) is 0 Å². The largest absolute Gasteiger partial charge is 0.545 e.